The van der Waals surface area contributed by atoms with Gasteiger partial charge in [-0.15, -0.1) is 56.7 Å². The molecule has 440 valence electrons. The van der Waals surface area contributed by atoms with Gasteiger partial charge >= 0.3 is 18.3 Å². The van der Waals surface area contributed by atoms with Crippen molar-refractivity contribution in [3.05, 3.63) is 95.5 Å². The van der Waals surface area contributed by atoms with E-state index in [4.69, 9.17) is 40.9 Å². The van der Waals surface area contributed by atoms with Crippen LogP contribution in [0.5, 0.6) is 0 Å². The predicted octanol–water partition coefficient (Wildman–Crippen LogP) is 16.6. The van der Waals surface area contributed by atoms with E-state index < -0.39 is 16.8 Å². The summed E-state index contributed by atoms with van der Waals surface area (Å²) in [6.45, 7) is 24.4. The van der Waals surface area contributed by atoms with Gasteiger partial charge in [-0.3, -0.25) is 4.79 Å². The van der Waals surface area contributed by atoms with E-state index in [1.165, 1.54) is 11.1 Å². The van der Waals surface area contributed by atoms with Crippen LogP contribution in [0.1, 0.15) is 128 Å². The van der Waals surface area contributed by atoms with Crippen molar-refractivity contribution in [2.75, 3.05) is 24.6 Å². The van der Waals surface area contributed by atoms with Gasteiger partial charge in [-0.2, -0.15) is 5.26 Å². The molecular weight excluding hydrogens is 1280 g/mol. The van der Waals surface area contributed by atoms with E-state index >= 15 is 0 Å². The van der Waals surface area contributed by atoms with E-state index in [1.807, 2.05) is 125 Å². The Hall–Kier alpha value is -5.74. The van der Waals surface area contributed by atoms with Gasteiger partial charge in [0.05, 0.1) is 65.7 Å². The van der Waals surface area contributed by atoms with Crippen LogP contribution in [-0.2, 0) is 44.8 Å². The van der Waals surface area contributed by atoms with E-state index in [0.29, 0.717) is 38.9 Å². The van der Waals surface area contributed by atoms with Gasteiger partial charge in [0.1, 0.15) is 37.6 Å². The standard InChI is InChI=1S/2C20H22BrN3O2S2.C11H19NO3.C9H6N2S/c1-10-7-12-15(9-24(10)19(25)26-20(2,3)4)27-17(22)16(12)18-23-13-8-11(21)5-6-14(13)28-18;1-10-16-12(7-8-24(10)19(25)26-20(2,3)4)15(17(22)28-16)18-23-13-9-11(21)5-6-14(13)27-18;1-8-7-9(13)5-6-12(8)10(14)15-11(2,3)4;10-6-5-9-11-7-3-1-2-4-8(7)12-9/h5-6,8,10H,7,9,22H2,1-4H3;5-6,9-10H,7-8,22H2,1-4H3;8H,5-7H2,1-4H3;1-4H,5H2/t2*10-;8-;/m111./s1. The number of Topliss-reactive ketones (excluding diaryl/α,β-unsaturated/α-hetero) is 1. The monoisotopic (exact) mass is 1350 g/mol. The fourth-order valence-electron chi connectivity index (χ4n) is 9.53. The minimum atomic E-state index is -0.508. The zero-order chi connectivity index (χ0) is 60.5. The minimum Gasteiger partial charge on any atom is -0.444 e. The fourth-order valence-corrected chi connectivity index (χ4v) is 15.6. The molecule has 5 aromatic heterocycles. The summed E-state index contributed by atoms with van der Waals surface area (Å²) >= 11 is 15.0. The number of amides is 3. The van der Waals surface area contributed by atoms with Gasteiger partial charge in [-0.05, 0) is 156 Å². The number of ketones is 1. The first-order valence-corrected chi connectivity index (χ1v) is 32.8. The van der Waals surface area contributed by atoms with Crippen LogP contribution >= 0.6 is 88.5 Å². The van der Waals surface area contributed by atoms with Gasteiger partial charge < -0.3 is 40.4 Å². The Morgan fingerprint density at radius 1 is 0.627 bits per heavy atom. The average molecular weight is 1350 g/mol. The molecule has 3 aliphatic rings. The molecule has 0 aliphatic carbocycles. The molecule has 0 spiro atoms. The molecule has 16 nitrogen and oxygen atoms in total. The maximum Gasteiger partial charge on any atom is 0.410 e. The summed E-state index contributed by atoms with van der Waals surface area (Å²) in [6.07, 6.45) is 1.94. The summed E-state index contributed by atoms with van der Waals surface area (Å²) in [7, 11) is 0. The lowest BCUT2D eigenvalue weighted by Gasteiger charge is -2.35. The van der Waals surface area contributed by atoms with Crippen LogP contribution in [0.2, 0.25) is 0 Å². The van der Waals surface area contributed by atoms with Gasteiger partial charge in [0.25, 0.3) is 0 Å². The first-order chi connectivity index (χ1) is 38.9. The Morgan fingerprint density at radius 3 is 1.66 bits per heavy atom. The number of nitrogens with zero attached hydrogens (tertiary/aromatic N) is 7. The third-order valence-corrected chi connectivity index (χ3v) is 19.7. The minimum absolute atomic E-state index is 0.0404. The summed E-state index contributed by atoms with van der Waals surface area (Å²) < 4.78 is 21.9. The molecule has 1 fully saturated rings. The van der Waals surface area contributed by atoms with Gasteiger partial charge in [-0.25, -0.2) is 29.3 Å². The zero-order valence-corrected chi connectivity index (χ0v) is 55.9. The first-order valence-electron chi connectivity index (χ1n) is 27.1. The molecule has 8 heterocycles. The highest BCUT2D eigenvalue weighted by Crippen LogP contribution is 2.49. The number of fused-ring (bicyclic) bond motifs is 5. The number of thiazole rings is 3. The normalized spacial score (nSPS) is 17.0. The molecule has 83 heavy (non-hydrogen) atoms. The molecule has 11 rings (SSSR count). The van der Waals surface area contributed by atoms with Crippen LogP contribution in [0.3, 0.4) is 0 Å². The second kappa shape index (κ2) is 25.9. The predicted molar refractivity (Wildman–Crippen MR) is 346 cm³/mol. The number of para-hydroxylation sites is 1. The van der Waals surface area contributed by atoms with E-state index in [2.05, 4.69) is 62.0 Å². The molecule has 3 atom stereocenters. The first kappa shape index (κ1) is 63.3. The van der Waals surface area contributed by atoms with Crippen LogP contribution in [-0.4, -0.2) is 95.7 Å². The van der Waals surface area contributed by atoms with Crippen molar-refractivity contribution >= 4 is 153 Å². The third kappa shape index (κ3) is 15.8. The Labute approximate surface area is 521 Å². The highest BCUT2D eigenvalue weighted by atomic mass is 79.9. The third-order valence-electron chi connectivity index (χ3n) is 13.2. The van der Waals surface area contributed by atoms with Crippen molar-refractivity contribution in [3.63, 3.8) is 0 Å². The number of nitriles is 1. The lowest BCUT2D eigenvalue weighted by Crippen LogP contribution is -2.46. The second-order valence-electron chi connectivity index (χ2n) is 23.4. The maximum atomic E-state index is 12.6. The fraction of sp³-hybridized carbons (Fsp3) is 0.433. The molecule has 1 saturated heterocycles. The zero-order valence-electron chi connectivity index (χ0n) is 48.6. The number of aromatic nitrogens is 3. The van der Waals surface area contributed by atoms with Crippen molar-refractivity contribution in [2.45, 2.75) is 157 Å². The molecule has 0 bridgehead atoms. The number of anilines is 2. The quantitative estimate of drug-likeness (QED) is 0.157. The summed E-state index contributed by atoms with van der Waals surface area (Å²) in [4.78, 5) is 69.5. The molecule has 3 aliphatic heterocycles. The highest BCUT2D eigenvalue weighted by molar-refractivity contribution is 9.10. The van der Waals surface area contributed by atoms with Crippen LogP contribution < -0.4 is 11.5 Å². The van der Waals surface area contributed by atoms with E-state index in [9.17, 15) is 19.2 Å². The van der Waals surface area contributed by atoms with Gasteiger partial charge in [0.15, 0.2) is 0 Å². The number of hydrogen-bond donors (Lipinski definition) is 2. The molecule has 8 aromatic rings. The Balaban J connectivity index is 0.000000153. The number of hydrogen-bond acceptors (Lipinski definition) is 18. The van der Waals surface area contributed by atoms with Crippen molar-refractivity contribution < 1.29 is 33.4 Å². The summed E-state index contributed by atoms with van der Waals surface area (Å²) in [5, 5.41) is 12.8. The largest absolute Gasteiger partial charge is 0.444 e. The number of carbonyl (C=O) groups excluding carboxylic acids is 4. The number of piperidine rings is 1. The Kier molecular flexibility index (Phi) is 19.7. The van der Waals surface area contributed by atoms with Crippen LogP contribution in [0.25, 0.3) is 51.8 Å². The number of nitrogen functional groups attached to an aromatic ring is 2. The molecular formula is C60H69Br2N9O7S5. The van der Waals surface area contributed by atoms with Crippen LogP contribution in [0.15, 0.2) is 69.6 Å². The van der Waals surface area contributed by atoms with Gasteiger partial charge in [0, 0.05) is 67.8 Å². The molecule has 3 aromatic carbocycles. The molecule has 3 amide bonds. The lowest BCUT2D eigenvalue weighted by atomic mass is 9.98. The summed E-state index contributed by atoms with van der Waals surface area (Å²) in [6, 6.07) is 22.2. The Morgan fingerprint density at radius 2 is 1.12 bits per heavy atom. The lowest BCUT2D eigenvalue weighted by molar-refractivity contribution is -0.122. The smallest absolute Gasteiger partial charge is 0.410 e. The highest BCUT2D eigenvalue weighted by Gasteiger charge is 2.37. The number of rotatable bonds is 3. The number of likely N-dealkylation sites (tertiary alicyclic amines) is 1. The number of carbonyl (C=O) groups is 4. The van der Waals surface area contributed by atoms with Crippen molar-refractivity contribution in [2.24, 2.45) is 0 Å². The maximum absolute atomic E-state index is 12.6. The molecule has 4 N–H and O–H groups in total. The van der Waals surface area contributed by atoms with E-state index in [-0.39, 0.29) is 42.2 Å². The Bertz CT molecular complexity index is 3690. The van der Waals surface area contributed by atoms with Crippen molar-refractivity contribution in [1.82, 2.24) is 29.7 Å². The number of halogens is 2. The van der Waals surface area contributed by atoms with Crippen molar-refractivity contribution in [1.29, 1.82) is 5.26 Å². The van der Waals surface area contributed by atoms with Crippen LogP contribution in [0.4, 0.5) is 24.4 Å². The summed E-state index contributed by atoms with van der Waals surface area (Å²) in [5.41, 5.74) is 18.8. The molecule has 0 unspecified atom stereocenters. The summed E-state index contributed by atoms with van der Waals surface area (Å²) in [5.74, 6) is 0.224. The van der Waals surface area contributed by atoms with Crippen molar-refractivity contribution in [3.8, 4) is 27.2 Å². The molecule has 23 heteroatoms. The topological polar surface area (TPSA) is 220 Å². The van der Waals surface area contributed by atoms with E-state index in [0.717, 1.165) is 98.3 Å². The van der Waals surface area contributed by atoms with Gasteiger partial charge in [0.2, 0.25) is 0 Å². The van der Waals surface area contributed by atoms with E-state index in [1.54, 1.807) is 71.4 Å². The SMILES string of the molecule is C[C@@H]1CC(=O)CCN1C(=O)OC(C)(C)C.C[C@@H]1Cc2c(sc(N)c2-c2nc3cc(Br)ccc3s2)CN1C(=O)OC(C)(C)C.C[C@@H]1c2sc(N)c(-c3nc4cc(Br)ccc4s3)c2CCN1C(=O)OC(C)(C)C.N#CCc1nc2ccccc2s1. The number of benzene rings is 3. The molecule has 0 radical (unpaired) electrons. The van der Waals surface area contributed by atoms with Crippen LogP contribution in [0, 0.1) is 11.3 Å². The second-order valence-corrected chi connectivity index (χ2v) is 30.6. The average Bonchev–Trinajstić information content (AvgIpc) is 4.37. The number of thiophene rings is 2. The number of nitrogens with two attached hydrogens (primary N) is 2. The molecule has 0 saturated carbocycles. The van der Waals surface area contributed by atoms with Gasteiger partial charge in [-0.1, -0.05) is 44.0 Å². The number of ether oxygens (including phenoxy) is 3.